The molecule has 2 bridgehead atoms. The van der Waals surface area contributed by atoms with Gasteiger partial charge in [0.1, 0.15) is 11.6 Å². The first-order chi connectivity index (χ1) is 18.1. The van der Waals surface area contributed by atoms with Crippen LogP contribution in [0.4, 0.5) is 5.69 Å². The second-order valence-corrected chi connectivity index (χ2v) is 11.0. The molecule has 38 heavy (non-hydrogen) atoms. The fraction of sp³-hybridized carbons (Fsp3) is 0.552. The van der Waals surface area contributed by atoms with Crippen LogP contribution >= 0.6 is 11.6 Å². The van der Waals surface area contributed by atoms with Gasteiger partial charge in [0, 0.05) is 33.3 Å². The summed E-state index contributed by atoms with van der Waals surface area (Å²) in [5, 5.41) is 10.0. The maximum atomic E-state index is 14.6. The summed E-state index contributed by atoms with van der Waals surface area (Å²) in [7, 11) is 1.70. The van der Waals surface area contributed by atoms with Crippen LogP contribution in [0.3, 0.4) is 0 Å². The van der Waals surface area contributed by atoms with Crippen molar-refractivity contribution < 1.29 is 24.2 Å². The number of aryl methyl sites for hydroxylation is 1. The van der Waals surface area contributed by atoms with Crippen molar-refractivity contribution in [3.05, 3.63) is 54.1 Å². The summed E-state index contributed by atoms with van der Waals surface area (Å²) in [6, 6.07) is 4.47. The van der Waals surface area contributed by atoms with Gasteiger partial charge in [-0.05, 0) is 44.2 Å². The topological polar surface area (TPSA) is 90.4 Å². The maximum Gasteiger partial charge on any atom is 0.253 e. The second kappa shape index (κ2) is 10.8. The zero-order valence-corrected chi connectivity index (χ0v) is 23.2. The Morgan fingerprint density at radius 1 is 1.24 bits per heavy atom. The Morgan fingerprint density at radius 2 is 1.95 bits per heavy atom. The van der Waals surface area contributed by atoms with Crippen LogP contribution in [0, 0.1) is 18.8 Å². The predicted molar refractivity (Wildman–Crippen MR) is 147 cm³/mol. The van der Waals surface area contributed by atoms with Crippen molar-refractivity contribution in [1.29, 1.82) is 0 Å². The molecule has 1 aromatic rings. The molecule has 2 unspecified atom stereocenters. The van der Waals surface area contributed by atoms with Crippen molar-refractivity contribution in [3.8, 4) is 0 Å². The highest BCUT2D eigenvalue weighted by Crippen LogP contribution is 2.64. The molecule has 3 aliphatic rings. The first-order valence-corrected chi connectivity index (χ1v) is 13.7. The van der Waals surface area contributed by atoms with Crippen LogP contribution < -0.4 is 4.90 Å². The van der Waals surface area contributed by atoms with Crippen molar-refractivity contribution in [1.82, 2.24) is 9.80 Å². The van der Waals surface area contributed by atoms with Crippen molar-refractivity contribution in [2.24, 2.45) is 11.8 Å². The number of amides is 3. The summed E-state index contributed by atoms with van der Waals surface area (Å²) < 4.78 is 6.82. The molecule has 3 saturated heterocycles. The van der Waals surface area contributed by atoms with E-state index in [0.717, 1.165) is 5.56 Å². The Labute approximate surface area is 229 Å². The highest BCUT2D eigenvalue weighted by Gasteiger charge is 2.79. The third kappa shape index (κ3) is 4.17. The number of hydrogen-bond acceptors (Lipinski definition) is 5. The van der Waals surface area contributed by atoms with E-state index in [0.29, 0.717) is 42.9 Å². The van der Waals surface area contributed by atoms with E-state index < -0.39 is 29.1 Å². The quantitative estimate of drug-likeness (QED) is 0.432. The first kappa shape index (κ1) is 28.3. The number of likely N-dealkylation sites (N-methyl/N-ethyl adjacent to an activating group) is 1. The zero-order valence-electron chi connectivity index (χ0n) is 22.5. The van der Waals surface area contributed by atoms with Crippen LogP contribution in [0.1, 0.15) is 38.2 Å². The van der Waals surface area contributed by atoms with Crippen molar-refractivity contribution in [3.63, 3.8) is 0 Å². The van der Waals surface area contributed by atoms with Crippen molar-refractivity contribution in [2.45, 2.75) is 56.8 Å². The molecule has 1 spiro atoms. The normalized spacial score (nSPS) is 29.3. The van der Waals surface area contributed by atoms with Crippen LogP contribution in [0.5, 0.6) is 0 Å². The Morgan fingerprint density at radius 3 is 2.55 bits per heavy atom. The average Bonchev–Trinajstić information content (AvgIpc) is 3.49. The Balaban J connectivity index is 1.85. The molecule has 1 aromatic carbocycles. The molecule has 9 heteroatoms. The molecule has 3 aliphatic heterocycles. The number of rotatable bonds is 11. The fourth-order valence-corrected chi connectivity index (χ4v) is 7.23. The van der Waals surface area contributed by atoms with Crippen LogP contribution in [0.15, 0.2) is 43.5 Å². The van der Waals surface area contributed by atoms with E-state index >= 15 is 0 Å². The number of carbonyl (C=O) groups is 3. The Bertz CT molecular complexity index is 1120. The van der Waals surface area contributed by atoms with Crippen molar-refractivity contribution in [2.75, 3.05) is 38.2 Å². The smallest absolute Gasteiger partial charge is 0.253 e. The van der Waals surface area contributed by atoms with Gasteiger partial charge in [-0.25, -0.2) is 0 Å². The number of aliphatic hydroxyl groups is 1. The second-order valence-electron chi connectivity index (χ2n) is 10.6. The summed E-state index contributed by atoms with van der Waals surface area (Å²) >= 11 is 6.59. The standard InChI is InChI=1S/C29H38ClN3O5/c1-6-15-31(5)25(35)21-22-26(36)33(17-10-18-34)24(29(22)14-13-28(21,8-3)38-29)27(37)32(16-7-2)23-19(4)11-9-12-20(23)30/h6-7,9,11-12,21-22,24,34H,1-2,8,10,13-18H2,3-5H3/t21-,22-,24?,28+,29?/m0/s1. The van der Waals surface area contributed by atoms with Gasteiger partial charge in [-0.15, -0.1) is 13.2 Å². The molecule has 3 fully saturated rings. The van der Waals surface area contributed by atoms with Crippen LogP contribution in [0.2, 0.25) is 5.02 Å². The molecule has 0 aromatic heterocycles. The number of ether oxygens (including phenoxy) is 1. The Kier molecular flexibility index (Phi) is 8.07. The molecule has 0 aliphatic carbocycles. The summed E-state index contributed by atoms with van der Waals surface area (Å²) in [4.78, 5) is 47.2. The van der Waals surface area contributed by atoms with Gasteiger partial charge in [-0.2, -0.15) is 0 Å². The zero-order chi connectivity index (χ0) is 27.8. The minimum absolute atomic E-state index is 0.132. The molecule has 206 valence electrons. The minimum Gasteiger partial charge on any atom is -0.396 e. The number of aliphatic hydroxyl groups excluding tert-OH is 1. The molecule has 8 nitrogen and oxygen atoms in total. The fourth-order valence-electron chi connectivity index (χ4n) is 6.91. The van der Waals surface area contributed by atoms with Crippen molar-refractivity contribution >= 4 is 35.0 Å². The summed E-state index contributed by atoms with van der Waals surface area (Å²) in [5.74, 6) is -2.27. The molecular formula is C29H38ClN3O5. The molecule has 0 radical (unpaired) electrons. The van der Waals surface area contributed by atoms with E-state index in [9.17, 15) is 19.5 Å². The van der Waals surface area contributed by atoms with Gasteiger partial charge in [-0.1, -0.05) is 42.8 Å². The van der Waals surface area contributed by atoms with Crippen LogP contribution in [-0.4, -0.2) is 83.2 Å². The number of hydrogen-bond donors (Lipinski definition) is 1. The largest absolute Gasteiger partial charge is 0.396 e. The molecule has 1 N–H and O–H groups in total. The van der Waals surface area contributed by atoms with Crippen LogP contribution in [-0.2, 0) is 19.1 Å². The highest BCUT2D eigenvalue weighted by molar-refractivity contribution is 6.34. The van der Waals surface area contributed by atoms with Crippen LogP contribution in [0.25, 0.3) is 0 Å². The molecule has 3 heterocycles. The van der Waals surface area contributed by atoms with E-state index in [2.05, 4.69) is 13.2 Å². The number of benzene rings is 1. The predicted octanol–water partition coefficient (Wildman–Crippen LogP) is 3.35. The van der Waals surface area contributed by atoms with Gasteiger partial charge in [-0.3, -0.25) is 14.4 Å². The first-order valence-electron chi connectivity index (χ1n) is 13.3. The lowest BCUT2D eigenvalue weighted by Gasteiger charge is -2.37. The number of likely N-dealkylation sites (tertiary alicyclic amines) is 1. The monoisotopic (exact) mass is 543 g/mol. The number of nitrogens with zero attached hydrogens (tertiary/aromatic N) is 3. The van der Waals surface area contributed by atoms with Gasteiger partial charge in [0.2, 0.25) is 11.8 Å². The third-order valence-electron chi connectivity index (χ3n) is 8.55. The number of para-hydroxylation sites is 1. The molecule has 5 atom stereocenters. The lowest BCUT2D eigenvalue weighted by molar-refractivity contribution is -0.150. The average molecular weight is 544 g/mol. The summed E-state index contributed by atoms with van der Waals surface area (Å²) in [6.07, 6.45) is 5.20. The van der Waals surface area contributed by atoms with Gasteiger partial charge in [0.25, 0.3) is 5.91 Å². The summed E-state index contributed by atoms with van der Waals surface area (Å²) in [6.45, 7) is 12.0. The van der Waals surface area contributed by atoms with Gasteiger partial charge in [0.05, 0.1) is 28.1 Å². The third-order valence-corrected chi connectivity index (χ3v) is 8.86. The maximum absolute atomic E-state index is 14.6. The summed E-state index contributed by atoms with van der Waals surface area (Å²) in [5.41, 5.74) is -0.597. The molecular weight excluding hydrogens is 506 g/mol. The van der Waals surface area contributed by atoms with E-state index in [4.69, 9.17) is 16.3 Å². The van der Waals surface area contributed by atoms with Gasteiger partial charge < -0.3 is 24.5 Å². The van der Waals surface area contributed by atoms with Gasteiger partial charge in [0.15, 0.2) is 0 Å². The highest BCUT2D eigenvalue weighted by atomic mass is 35.5. The van der Waals surface area contributed by atoms with E-state index in [-0.39, 0.29) is 37.4 Å². The number of fused-ring (bicyclic) bond motifs is 1. The molecule has 3 amide bonds. The number of anilines is 1. The molecule has 0 saturated carbocycles. The van der Waals surface area contributed by atoms with E-state index in [1.54, 1.807) is 35.1 Å². The van der Waals surface area contributed by atoms with E-state index in [1.165, 1.54) is 4.90 Å². The lowest BCUT2D eigenvalue weighted by atomic mass is 9.64. The number of carbonyl (C=O) groups excluding carboxylic acids is 3. The van der Waals surface area contributed by atoms with Gasteiger partial charge >= 0.3 is 0 Å². The minimum atomic E-state index is -1.15. The lowest BCUT2D eigenvalue weighted by Crippen LogP contribution is -2.57. The number of halogens is 1. The SMILES string of the molecule is C=CCN(C)C(=O)[C@@H]1[C@H]2C(=O)N(CCCO)C(C(=O)N(CC=C)c3c(C)cccc3Cl)C23CC[C@@]1(CC)O3. The Hall–Kier alpha value is -2.68. The van der Waals surface area contributed by atoms with E-state index in [1.807, 2.05) is 26.0 Å². The molecule has 4 rings (SSSR count).